The largest absolute Gasteiger partial charge is 0.462 e. The minimum Gasteiger partial charge on any atom is -0.462 e. The van der Waals surface area contributed by atoms with Crippen LogP contribution in [0.3, 0.4) is 0 Å². The molecular weight excluding hydrogens is 386 g/mol. The Labute approximate surface area is 177 Å². The third-order valence-corrected chi connectivity index (χ3v) is 4.22. The van der Waals surface area contributed by atoms with Gasteiger partial charge in [0.2, 0.25) is 0 Å². The van der Waals surface area contributed by atoms with Crippen LogP contribution in [-0.4, -0.2) is 63.1 Å². The number of hydrogen-bond donors (Lipinski definition) is 2. The van der Waals surface area contributed by atoms with E-state index in [9.17, 15) is 4.79 Å². The first-order chi connectivity index (χ1) is 14.5. The zero-order valence-electron chi connectivity index (χ0n) is 18.1. The third-order valence-electron chi connectivity index (χ3n) is 4.22. The molecule has 0 unspecified atom stereocenters. The summed E-state index contributed by atoms with van der Waals surface area (Å²) in [4.78, 5) is 22.6. The van der Waals surface area contributed by atoms with Crippen molar-refractivity contribution in [2.45, 2.75) is 13.8 Å². The minimum atomic E-state index is -0.342. The summed E-state index contributed by atoms with van der Waals surface area (Å²) in [6, 6.07) is 6.96. The Balaban J connectivity index is 2.13. The summed E-state index contributed by atoms with van der Waals surface area (Å²) in [5, 5.41) is 3.18. The van der Waals surface area contributed by atoms with E-state index in [1.807, 2.05) is 18.7 Å². The molecule has 0 atom stereocenters. The predicted molar refractivity (Wildman–Crippen MR) is 117 cm³/mol. The molecule has 3 N–H and O–H groups in total. The van der Waals surface area contributed by atoms with Gasteiger partial charge in [-0.25, -0.2) is 14.8 Å². The standard InChI is InChI=1S/C21H31N5O4/c1-15(2)13-30-21(27)16-5-7-17(8-6-16)25-19-18(22)20(24-14-23-19)26(9-11-28-3)10-12-29-4/h5-8,14-15H,9-13,22H2,1-4H3,(H,23,24,25). The van der Waals surface area contributed by atoms with Crippen LogP contribution in [0.2, 0.25) is 0 Å². The zero-order chi connectivity index (χ0) is 21.9. The van der Waals surface area contributed by atoms with Crippen molar-refractivity contribution in [3.63, 3.8) is 0 Å². The number of carbonyl (C=O) groups excluding carboxylic acids is 1. The lowest BCUT2D eigenvalue weighted by Gasteiger charge is -2.25. The molecule has 0 fully saturated rings. The van der Waals surface area contributed by atoms with Crippen LogP contribution >= 0.6 is 0 Å². The number of methoxy groups -OCH3 is 2. The van der Waals surface area contributed by atoms with Gasteiger partial charge in [0.05, 0.1) is 25.4 Å². The van der Waals surface area contributed by atoms with Crippen LogP contribution in [0.5, 0.6) is 0 Å². The second-order valence-electron chi connectivity index (χ2n) is 7.13. The highest BCUT2D eigenvalue weighted by Gasteiger charge is 2.16. The molecule has 0 saturated carbocycles. The Morgan fingerprint density at radius 1 is 1.10 bits per heavy atom. The van der Waals surface area contributed by atoms with Gasteiger partial charge in [0.25, 0.3) is 0 Å². The van der Waals surface area contributed by atoms with Crippen LogP contribution in [0.1, 0.15) is 24.2 Å². The van der Waals surface area contributed by atoms with Gasteiger partial charge >= 0.3 is 5.97 Å². The van der Waals surface area contributed by atoms with Gasteiger partial charge in [-0.05, 0) is 30.2 Å². The number of nitrogens with zero attached hydrogens (tertiary/aromatic N) is 3. The van der Waals surface area contributed by atoms with Crippen molar-refractivity contribution in [2.24, 2.45) is 5.92 Å². The number of nitrogens with one attached hydrogen (secondary N) is 1. The van der Waals surface area contributed by atoms with E-state index >= 15 is 0 Å². The van der Waals surface area contributed by atoms with E-state index < -0.39 is 0 Å². The fourth-order valence-electron chi connectivity index (χ4n) is 2.62. The monoisotopic (exact) mass is 417 g/mol. The molecular formula is C21H31N5O4. The van der Waals surface area contributed by atoms with Crippen LogP contribution < -0.4 is 16.0 Å². The molecule has 1 aromatic heterocycles. The quantitative estimate of drug-likeness (QED) is 0.503. The molecule has 0 amide bonds. The number of nitrogen functional groups attached to an aromatic ring is 1. The minimum absolute atomic E-state index is 0.289. The zero-order valence-corrected chi connectivity index (χ0v) is 18.1. The number of benzene rings is 1. The van der Waals surface area contributed by atoms with E-state index in [-0.39, 0.29) is 11.9 Å². The molecule has 0 radical (unpaired) electrons. The third kappa shape index (κ3) is 6.85. The first-order valence-corrected chi connectivity index (χ1v) is 9.83. The van der Waals surface area contributed by atoms with Crippen molar-refractivity contribution in [1.29, 1.82) is 0 Å². The predicted octanol–water partition coefficient (Wildman–Crippen LogP) is 2.71. The van der Waals surface area contributed by atoms with E-state index in [0.717, 1.165) is 5.69 Å². The normalized spacial score (nSPS) is 10.8. The summed E-state index contributed by atoms with van der Waals surface area (Å²) < 4.78 is 15.6. The number of ether oxygens (including phenoxy) is 3. The summed E-state index contributed by atoms with van der Waals surface area (Å²) in [5.41, 5.74) is 7.99. The Bertz CT molecular complexity index is 790. The van der Waals surface area contributed by atoms with E-state index in [2.05, 4.69) is 15.3 Å². The summed E-state index contributed by atoms with van der Waals surface area (Å²) in [6.07, 6.45) is 1.46. The van der Waals surface area contributed by atoms with Gasteiger partial charge in [-0.1, -0.05) is 13.8 Å². The lowest BCUT2D eigenvalue weighted by atomic mass is 10.2. The van der Waals surface area contributed by atoms with Gasteiger partial charge in [-0.15, -0.1) is 0 Å². The summed E-state index contributed by atoms with van der Waals surface area (Å²) in [5.74, 6) is 1.04. The van der Waals surface area contributed by atoms with Crippen molar-refractivity contribution in [2.75, 3.05) is 63.1 Å². The SMILES string of the molecule is COCCN(CCOC)c1ncnc(Nc2ccc(C(=O)OCC(C)C)cc2)c1N. The molecule has 164 valence electrons. The van der Waals surface area contributed by atoms with Gasteiger partial charge < -0.3 is 30.2 Å². The molecule has 30 heavy (non-hydrogen) atoms. The maximum atomic E-state index is 12.1. The Hall–Kier alpha value is -2.91. The topological polar surface area (TPSA) is 112 Å². The van der Waals surface area contributed by atoms with E-state index in [4.69, 9.17) is 19.9 Å². The number of carbonyl (C=O) groups is 1. The molecule has 2 rings (SSSR count). The number of rotatable bonds is 12. The molecule has 0 aliphatic carbocycles. The molecule has 1 aromatic carbocycles. The lowest BCUT2D eigenvalue weighted by Crippen LogP contribution is -2.32. The van der Waals surface area contributed by atoms with E-state index in [1.54, 1.807) is 38.5 Å². The van der Waals surface area contributed by atoms with Gasteiger partial charge in [-0.2, -0.15) is 0 Å². The van der Waals surface area contributed by atoms with Crippen molar-refractivity contribution in [3.8, 4) is 0 Å². The maximum Gasteiger partial charge on any atom is 0.338 e. The average Bonchev–Trinajstić information content (AvgIpc) is 2.74. The summed E-state index contributed by atoms with van der Waals surface area (Å²) in [7, 11) is 3.29. The van der Waals surface area contributed by atoms with Crippen molar-refractivity contribution in [3.05, 3.63) is 36.2 Å². The highest BCUT2D eigenvalue weighted by Crippen LogP contribution is 2.28. The first-order valence-electron chi connectivity index (χ1n) is 9.83. The Morgan fingerprint density at radius 3 is 2.30 bits per heavy atom. The van der Waals surface area contributed by atoms with Gasteiger partial charge in [0.1, 0.15) is 12.0 Å². The molecule has 1 heterocycles. The second kappa shape index (κ2) is 11.9. The second-order valence-corrected chi connectivity index (χ2v) is 7.13. The number of esters is 1. The van der Waals surface area contributed by atoms with E-state index in [0.29, 0.717) is 55.8 Å². The fraction of sp³-hybridized carbons (Fsp3) is 0.476. The molecule has 2 aromatic rings. The maximum absolute atomic E-state index is 12.1. The van der Waals surface area contributed by atoms with Crippen LogP contribution in [0, 0.1) is 5.92 Å². The van der Waals surface area contributed by atoms with Crippen molar-refractivity contribution < 1.29 is 19.0 Å². The lowest BCUT2D eigenvalue weighted by molar-refractivity contribution is 0.0459. The highest BCUT2D eigenvalue weighted by atomic mass is 16.5. The molecule has 0 aliphatic heterocycles. The molecule has 0 aliphatic rings. The van der Waals surface area contributed by atoms with Crippen LogP contribution in [0.15, 0.2) is 30.6 Å². The van der Waals surface area contributed by atoms with Gasteiger partial charge in [0.15, 0.2) is 11.6 Å². The first kappa shape index (κ1) is 23.4. The van der Waals surface area contributed by atoms with Crippen LogP contribution in [0.25, 0.3) is 0 Å². The Morgan fingerprint density at radius 2 is 1.73 bits per heavy atom. The molecule has 9 nitrogen and oxygen atoms in total. The van der Waals surface area contributed by atoms with Crippen LogP contribution in [0.4, 0.5) is 23.0 Å². The number of nitrogens with two attached hydrogens (primary N) is 1. The number of hydrogen-bond acceptors (Lipinski definition) is 9. The van der Waals surface area contributed by atoms with Gasteiger partial charge in [0, 0.05) is 33.0 Å². The van der Waals surface area contributed by atoms with E-state index in [1.165, 1.54) is 6.33 Å². The number of aromatic nitrogens is 2. The summed E-state index contributed by atoms with van der Waals surface area (Å²) >= 11 is 0. The Kier molecular flexibility index (Phi) is 9.30. The number of anilines is 4. The highest BCUT2D eigenvalue weighted by molar-refractivity contribution is 5.90. The van der Waals surface area contributed by atoms with Crippen molar-refractivity contribution in [1.82, 2.24) is 9.97 Å². The smallest absolute Gasteiger partial charge is 0.338 e. The van der Waals surface area contributed by atoms with Crippen molar-refractivity contribution >= 4 is 29.0 Å². The summed E-state index contributed by atoms with van der Waals surface area (Å²) in [6.45, 7) is 6.68. The van der Waals surface area contributed by atoms with Crippen LogP contribution in [-0.2, 0) is 14.2 Å². The molecule has 0 spiro atoms. The molecule has 0 bridgehead atoms. The molecule has 0 saturated heterocycles. The van der Waals surface area contributed by atoms with Gasteiger partial charge in [-0.3, -0.25) is 0 Å². The molecule has 9 heteroatoms. The average molecular weight is 418 g/mol. The fourth-order valence-corrected chi connectivity index (χ4v) is 2.62.